The van der Waals surface area contributed by atoms with Crippen molar-refractivity contribution in [3.05, 3.63) is 53.1 Å². The van der Waals surface area contributed by atoms with Crippen LogP contribution in [0, 0.1) is 0 Å². The van der Waals surface area contributed by atoms with Gasteiger partial charge in [0.1, 0.15) is 0 Å². The van der Waals surface area contributed by atoms with Gasteiger partial charge in [-0.25, -0.2) is 0 Å². The van der Waals surface area contributed by atoms with E-state index in [2.05, 4.69) is 4.28 Å². The van der Waals surface area contributed by atoms with Gasteiger partial charge in [-0.3, -0.25) is 14.4 Å². The molecule has 0 aromatic heterocycles. The molecule has 30 heavy (non-hydrogen) atoms. The van der Waals surface area contributed by atoms with Crippen molar-refractivity contribution in [3.63, 3.8) is 0 Å². The summed E-state index contributed by atoms with van der Waals surface area (Å²) in [7, 11) is -4.07. The fraction of sp³-hybridized carbons (Fsp3) is 0.286. The molecule has 3 amide bonds. The van der Waals surface area contributed by atoms with Crippen LogP contribution in [0.5, 0.6) is 0 Å². The van der Waals surface area contributed by atoms with Gasteiger partial charge in [-0.1, -0.05) is 18.2 Å². The van der Waals surface area contributed by atoms with E-state index in [9.17, 15) is 22.8 Å². The number of hydrogen-bond donors (Lipinski definition) is 0. The summed E-state index contributed by atoms with van der Waals surface area (Å²) in [5.41, 5.74) is 0.991. The van der Waals surface area contributed by atoms with Crippen molar-refractivity contribution < 1.29 is 27.1 Å². The molecule has 9 heteroatoms. The maximum absolute atomic E-state index is 12.7. The molecule has 8 nitrogen and oxygen atoms in total. The molecular weight excluding hydrogens is 408 g/mol. The van der Waals surface area contributed by atoms with E-state index in [0.717, 1.165) is 38.6 Å². The molecule has 2 aromatic carbocycles. The highest BCUT2D eigenvalue weighted by Crippen LogP contribution is 2.33. The quantitative estimate of drug-likeness (QED) is 0.547. The molecule has 2 aliphatic rings. The standard InChI is InChI=1S/C21H20N2O6S/c1-30(27,28)29-23-20(25)16-7-5-6-15-14(8-10-17(19(15)16)21(23)26)9-11-18(24)22-12-3-2-4-13-22/h5-11H,2-4,12-13H2,1H3/b11-9+. The van der Waals surface area contributed by atoms with Gasteiger partial charge in [0.05, 0.1) is 17.4 Å². The third kappa shape index (κ3) is 3.73. The van der Waals surface area contributed by atoms with Crippen molar-refractivity contribution in [1.82, 2.24) is 9.96 Å². The van der Waals surface area contributed by atoms with Crippen LogP contribution in [-0.2, 0) is 19.2 Å². The van der Waals surface area contributed by atoms with Crippen molar-refractivity contribution in [3.8, 4) is 0 Å². The number of hydroxylamine groups is 2. The third-order valence-electron chi connectivity index (χ3n) is 5.19. The van der Waals surface area contributed by atoms with Crippen LogP contribution in [0.2, 0.25) is 0 Å². The SMILES string of the molecule is CS(=O)(=O)ON1C(=O)c2cccc3c(/C=C/C(=O)N4CCCCC4)ccc(c23)C1=O. The predicted molar refractivity (Wildman–Crippen MR) is 110 cm³/mol. The molecule has 0 radical (unpaired) electrons. The summed E-state index contributed by atoms with van der Waals surface area (Å²) in [5.74, 6) is -1.78. The Bertz CT molecular complexity index is 1170. The zero-order chi connectivity index (χ0) is 21.5. The van der Waals surface area contributed by atoms with Gasteiger partial charge < -0.3 is 4.90 Å². The Morgan fingerprint density at radius 1 is 1.00 bits per heavy atom. The van der Waals surface area contributed by atoms with Gasteiger partial charge >= 0.3 is 0 Å². The molecule has 0 bridgehead atoms. The second-order valence-corrected chi connectivity index (χ2v) is 8.89. The number of piperidine rings is 1. The molecule has 4 rings (SSSR count). The number of hydrogen-bond acceptors (Lipinski definition) is 6. The monoisotopic (exact) mass is 428 g/mol. The highest BCUT2D eigenvalue weighted by Gasteiger charge is 2.36. The molecule has 1 fully saturated rings. The van der Waals surface area contributed by atoms with Gasteiger partial charge in [-0.15, -0.1) is 9.35 Å². The Kier molecular flexibility index (Phi) is 5.17. The van der Waals surface area contributed by atoms with Crippen LogP contribution < -0.4 is 0 Å². The summed E-state index contributed by atoms with van der Waals surface area (Å²) in [4.78, 5) is 39.7. The van der Waals surface area contributed by atoms with Crippen LogP contribution in [0.1, 0.15) is 45.5 Å². The average Bonchev–Trinajstić information content (AvgIpc) is 2.73. The zero-order valence-electron chi connectivity index (χ0n) is 16.3. The lowest BCUT2D eigenvalue weighted by Crippen LogP contribution is -2.41. The molecule has 0 atom stereocenters. The molecule has 1 saturated heterocycles. The molecule has 156 valence electrons. The fourth-order valence-electron chi connectivity index (χ4n) is 3.83. The first-order chi connectivity index (χ1) is 14.3. The normalized spacial score (nSPS) is 17.2. The van der Waals surface area contributed by atoms with Gasteiger partial charge in [0.15, 0.2) is 0 Å². The predicted octanol–water partition coefficient (Wildman–Crippen LogP) is 2.35. The maximum atomic E-state index is 12.7. The molecule has 0 N–H and O–H groups in total. The Morgan fingerprint density at radius 3 is 2.33 bits per heavy atom. The van der Waals surface area contributed by atoms with Crippen LogP contribution in [0.3, 0.4) is 0 Å². The second kappa shape index (κ2) is 7.66. The van der Waals surface area contributed by atoms with Crippen molar-refractivity contribution in [2.45, 2.75) is 19.3 Å². The van der Waals surface area contributed by atoms with Crippen LogP contribution in [0.15, 0.2) is 36.4 Å². The Morgan fingerprint density at radius 2 is 1.67 bits per heavy atom. The van der Waals surface area contributed by atoms with Gasteiger partial charge in [-0.2, -0.15) is 8.42 Å². The lowest BCUT2D eigenvalue weighted by Gasteiger charge is -2.26. The van der Waals surface area contributed by atoms with Gasteiger partial charge in [0.25, 0.3) is 21.9 Å². The van der Waals surface area contributed by atoms with E-state index in [1.165, 1.54) is 18.2 Å². The van der Waals surface area contributed by atoms with Crippen molar-refractivity contribution in [2.24, 2.45) is 0 Å². The minimum Gasteiger partial charge on any atom is -0.339 e. The summed E-state index contributed by atoms with van der Waals surface area (Å²) in [6.45, 7) is 1.48. The molecule has 0 saturated carbocycles. The van der Waals surface area contributed by atoms with Crippen LogP contribution in [-0.4, -0.2) is 55.4 Å². The minimum absolute atomic E-state index is 0.0740. The number of carbonyl (C=O) groups excluding carboxylic acids is 3. The molecule has 0 spiro atoms. The number of rotatable bonds is 4. The number of benzene rings is 2. The van der Waals surface area contributed by atoms with Crippen LogP contribution in [0.4, 0.5) is 0 Å². The van der Waals surface area contributed by atoms with E-state index >= 15 is 0 Å². The van der Waals surface area contributed by atoms with Crippen molar-refractivity contribution >= 4 is 44.7 Å². The zero-order valence-corrected chi connectivity index (χ0v) is 17.1. The van der Waals surface area contributed by atoms with E-state index in [-0.39, 0.29) is 22.1 Å². The summed E-state index contributed by atoms with van der Waals surface area (Å²) >= 11 is 0. The summed E-state index contributed by atoms with van der Waals surface area (Å²) in [6.07, 6.45) is 7.06. The second-order valence-electron chi connectivity index (χ2n) is 7.33. The van der Waals surface area contributed by atoms with E-state index in [1.807, 2.05) is 0 Å². The Labute approximate surface area is 173 Å². The summed E-state index contributed by atoms with van der Waals surface area (Å²) in [6, 6.07) is 8.06. The van der Waals surface area contributed by atoms with Crippen LogP contribution in [0.25, 0.3) is 16.8 Å². The van der Waals surface area contributed by atoms with E-state index < -0.39 is 21.9 Å². The van der Waals surface area contributed by atoms with Gasteiger partial charge in [0.2, 0.25) is 5.91 Å². The number of amides is 3. The first kappa shape index (κ1) is 20.2. The number of imide groups is 1. The largest absolute Gasteiger partial charge is 0.339 e. The fourth-order valence-corrected chi connectivity index (χ4v) is 4.23. The molecule has 2 heterocycles. The van der Waals surface area contributed by atoms with Gasteiger partial charge in [-0.05, 0) is 48.4 Å². The molecule has 2 aliphatic heterocycles. The highest BCUT2D eigenvalue weighted by molar-refractivity contribution is 7.85. The lowest BCUT2D eigenvalue weighted by atomic mass is 9.92. The molecule has 0 unspecified atom stereocenters. The van der Waals surface area contributed by atoms with E-state index in [0.29, 0.717) is 16.3 Å². The van der Waals surface area contributed by atoms with Gasteiger partial charge in [0, 0.05) is 24.6 Å². The number of nitrogens with zero attached hydrogens (tertiary/aromatic N) is 2. The molecular formula is C21H20N2O6S. The first-order valence-corrected chi connectivity index (χ1v) is 11.4. The highest BCUT2D eigenvalue weighted by atomic mass is 32.2. The van der Waals surface area contributed by atoms with E-state index in [4.69, 9.17) is 0 Å². The Balaban J connectivity index is 1.73. The smallest absolute Gasteiger partial charge is 0.286 e. The maximum Gasteiger partial charge on any atom is 0.286 e. The van der Waals surface area contributed by atoms with E-state index in [1.54, 1.807) is 29.2 Å². The number of likely N-dealkylation sites (tertiary alicyclic amines) is 1. The van der Waals surface area contributed by atoms with Crippen molar-refractivity contribution in [2.75, 3.05) is 19.3 Å². The lowest BCUT2D eigenvalue weighted by molar-refractivity contribution is -0.126. The summed E-state index contributed by atoms with van der Waals surface area (Å²) in [5, 5.41) is 1.30. The first-order valence-electron chi connectivity index (χ1n) is 9.57. The van der Waals surface area contributed by atoms with Crippen LogP contribution >= 0.6 is 0 Å². The molecule has 0 aliphatic carbocycles. The Hall–Kier alpha value is -3.04. The summed E-state index contributed by atoms with van der Waals surface area (Å²) < 4.78 is 27.5. The topological polar surface area (TPSA) is 101 Å². The average molecular weight is 428 g/mol. The number of carbonyl (C=O) groups is 3. The third-order valence-corrected chi connectivity index (χ3v) is 5.61. The minimum atomic E-state index is -4.07. The molecule has 2 aromatic rings. The van der Waals surface area contributed by atoms with Crippen molar-refractivity contribution in [1.29, 1.82) is 0 Å².